The molecule has 0 bridgehead atoms. The average molecular weight is 538 g/mol. The molecule has 166 valence electrons. The number of aryl methyl sites for hydroxylation is 1. The number of sulfonamides is 1. The first-order chi connectivity index (χ1) is 13.4. The van der Waals surface area contributed by atoms with Crippen LogP contribution in [-0.4, -0.2) is 53.4 Å². The van der Waals surface area contributed by atoms with Crippen LogP contribution in [0.4, 0.5) is 0 Å². The quantitative estimate of drug-likeness (QED) is 0.229. The fourth-order valence-corrected chi connectivity index (χ4v) is 4.02. The fraction of sp³-hybridized carbons (Fsp3) is 0.650. The van der Waals surface area contributed by atoms with E-state index in [0.717, 1.165) is 30.6 Å². The highest BCUT2D eigenvalue weighted by Crippen LogP contribution is 2.25. The van der Waals surface area contributed by atoms with Gasteiger partial charge in [-0.25, -0.2) is 13.1 Å². The maximum atomic E-state index is 12.1. The molecule has 2 rings (SSSR count). The third-order valence-electron chi connectivity index (χ3n) is 4.91. The smallest absolute Gasteiger partial charge is 0.213 e. The molecule has 1 fully saturated rings. The maximum Gasteiger partial charge on any atom is 0.213 e. The molecule has 0 spiro atoms. The molecule has 0 unspecified atom stereocenters. The summed E-state index contributed by atoms with van der Waals surface area (Å²) in [5.41, 5.74) is 2.32. The molecule has 7 nitrogen and oxygen atoms in total. The van der Waals surface area contributed by atoms with E-state index in [9.17, 15) is 8.42 Å². The van der Waals surface area contributed by atoms with E-state index in [1.54, 1.807) is 7.11 Å². The fourth-order valence-electron chi connectivity index (χ4n) is 3.05. The predicted molar refractivity (Wildman–Crippen MR) is 130 cm³/mol. The van der Waals surface area contributed by atoms with E-state index in [0.29, 0.717) is 31.5 Å². The second-order valence-corrected chi connectivity index (χ2v) is 9.14. The maximum absolute atomic E-state index is 12.1. The van der Waals surface area contributed by atoms with Gasteiger partial charge >= 0.3 is 0 Å². The molecule has 0 aliphatic heterocycles. The number of hydrogen-bond acceptors (Lipinski definition) is 4. The SMILES string of the molecule is CCNC(=NCCS(=O)(=O)NCC1CCC1)NCCc1cc(C)ccc1OC.I. The van der Waals surface area contributed by atoms with Crippen molar-refractivity contribution in [3.63, 3.8) is 0 Å². The number of ether oxygens (including phenoxy) is 1. The summed E-state index contributed by atoms with van der Waals surface area (Å²) < 4.78 is 32.3. The largest absolute Gasteiger partial charge is 0.496 e. The number of rotatable bonds is 11. The number of benzene rings is 1. The van der Waals surface area contributed by atoms with Crippen molar-refractivity contribution in [1.29, 1.82) is 0 Å². The molecular formula is C20H35IN4O3S. The molecule has 3 N–H and O–H groups in total. The Morgan fingerprint density at radius 3 is 2.66 bits per heavy atom. The lowest BCUT2D eigenvalue weighted by molar-refractivity contribution is 0.316. The lowest BCUT2D eigenvalue weighted by Crippen LogP contribution is -2.39. The topological polar surface area (TPSA) is 91.8 Å². The van der Waals surface area contributed by atoms with E-state index in [1.807, 2.05) is 19.1 Å². The Morgan fingerprint density at radius 1 is 1.28 bits per heavy atom. The summed E-state index contributed by atoms with van der Waals surface area (Å²) >= 11 is 0. The molecular weight excluding hydrogens is 503 g/mol. The minimum Gasteiger partial charge on any atom is -0.496 e. The predicted octanol–water partition coefficient (Wildman–Crippen LogP) is 2.44. The van der Waals surface area contributed by atoms with Crippen molar-refractivity contribution in [2.24, 2.45) is 10.9 Å². The summed E-state index contributed by atoms with van der Waals surface area (Å²) in [5.74, 6) is 2.01. The van der Waals surface area contributed by atoms with Crippen LogP contribution >= 0.6 is 24.0 Å². The third kappa shape index (κ3) is 9.52. The van der Waals surface area contributed by atoms with Crippen LogP contribution in [0.5, 0.6) is 5.75 Å². The van der Waals surface area contributed by atoms with Gasteiger partial charge in [0.25, 0.3) is 0 Å². The number of methoxy groups -OCH3 is 1. The first kappa shape index (κ1) is 26.0. The first-order valence-corrected chi connectivity index (χ1v) is 11.7. The minimum absolute atomic E-state index is 0. The Bertz CT molecular complexity index is 752. The second-order valence-electron chi connectivity index (χ2n) is 7.22. The van der Waals surface area contributed by atoms with Gasteiger partial charge in [0.2, 0.25) is 10.0 Å². The number of nitrogens with one attached hydrogen (secondary N) is 3. The molecule has 1 aliphatic rings. The zero-order valence-electron chi connectivity index (χ0n) is 17.7. The number of halogens is 1. The van der Waals surface area contributed by atoms with E-state index in [1.165, 1.54) is 12.0 Å². The van der Waals surface area contributed by atoms with Gasteiger partial charge in [0.1, 0.15) is 5.75 Å². The Hall–Kier alpha value is -1.07. The molecule has 0 aromatic heterocycles. The van der Waals surface area contributed by atoms with Crippen LogP contribution in [0.25, 0.3) is 0 Å². The zero-order valence-corrected chi connectivity index (χ0v) is 20.8. The number of aliphatic imine (C=N–C) groups is 1. The van der Waals surface area contributed by atoms with Crippen molar-refractivity contribution in [3.05, 3.63) is 29.3 Å². The monoisotopic (exact) mass is 538 g/mol. The normalized spacial score (nSPS) is 14.7. The molecule has 1 aromatic carbocycles. The summed E-state index contributed by atoms with van der Waals surface area (Å²) in [4.78, 5) is 4.40. The molecule has 0 atom stereocenters. The van der Waals surface area contributed by atoms with Crippen LogP contribution < -0.4 is 20.1 Å². The van der Waals surface area contributed by atoms with Gasteiger partial charge in [0.15, 0.2) is 5.96 Å². The highest BCUT2D eigenvalue weighted by Gasteiger charge is 2.19. The van der Waals surface area contributed by atoms with Crippen molar-refractivity contribution in [1.82, 2.24) is 15.4 Å². The molecule has 0 amide bonds. The molecule has 1 saturated carbocycles. The molecule has 29 heavy (non-hydrogen) atoms. The van der Waals surface area contributed by atoms with Gasteiger partial charge in [0.05, 0.1) is 19.4 Å². The van der Waals surface area contributed by atoms with Gasteiger partial charge in [-0.2, -0.15) is 0 Å². The van der Waals surface area contributed by atoms with Gasteiger partial charge in [-0.15, -0.1) is 24.0 Å². The lowest BCUT2D eigenvalue weighted by atomic mass is 9.86. The number of hydrogen-bond donors (Lipinski definition) is 3. The molecule has 1 aliphatic carbocycles. The number of nitrogens with zero attached hydrogens (tertiary/aromatic N) is 1. The van der Waals surface area contributed by atoms with Crippen LogP contribution in [0.3, 0.4) is 0 Å². The van der Waals surface area contributed by atoms with Crippen molar-refractivity contribution in [2.45, 2.75) is 39.5 Å². The summed E-state index contributed by atoms with van der Waals surface area (Å²) in [7, 11) is -1.60. The van der Waals surface area contributed by atoms with E-state index in [-0.39, 0.29) is 36.3 Å². The van der Waals surface area contributed by atoms with Crippen molar-refractivity contribution in [3.8, 4) is 5.75 Å². The summed E-state index contributed by atoms with van der Waals surface area (Å²) in [6, 6.07) is 6.12. The van der Waals surface area contributed by atoms with Gasteiger partial charge in [-0.3, -0.25) is 4.99 Å². The Kier molecular flexibility index (Phi) is 11.9. The van der Waals surface area contributed by atoms with Crippen molar-refractivity contribution < 1.29 is 13.2 Å². The Morgan fingerprint density at radius 2 is 2.03 bits per heavy atom. The van der Waals surface area contributed by atoms with Crippen LogP contribution in [0.2, 0.25) is 0 Å². The van der Waals surface area contributed by atoms with Crippen LogP contribution in [-0.2, 0) is 16.4 Å². The Labute approximate surface area is 192 Å². The molecule has 0 saturated heterocycles. The van der Waals surface area contributed by atoms with Crippen LogP contribution in [0.1, 0.15) is 37.3 Å². The average Bonchev–Trinajstić information content (AvgIpc) is 2.60. The van der Waals surface area contributed by atoms with Crippen LogP contribution in [0.15, 0.2) is 23.2 Å². The lowest BCUT2D eigenvalue weighted by Gasteiger charge is -2.25. The Balaban J connectivity index is 0.00000420. The summed E-state index contributed by atoms with van der Waals surface area (Å²) in [5, 5.41) is 6.42. The van der Waals surface area contributed by atoms with E-state index in [4.69, 9.17) is 4.74 Å². The van der Waals surface area contributed by atoms with E-state index in [2.05, 4.69) is 33.3 Å². The standard InChI is InChI=1S/C20H34N4O3S.HI/c1-4-21-20(22-11-10-18-14-16(2)8-9-19(18)27-3)23-12-13-28(25,26)24-15-17-6-5-7-17;/h8-9,14,17,24H,4-7,10-13,15H2,1-3H3,(H2,21,22,23);1H. The van der Waals surface area contributed by atoms with E-state index < -0.39 is 10.0 Å². The third-order valence-corrected chi connectivity index (χ3v) is 6.24. The summed E-state index contributed by atoms with van der Waals surface area (Å²) in [6.45, 7) is 6.22. The second kappa shape index (κ2) is 13.3. The van der Waals surface area contributed by atoms with Crippen LogP contribution in [0, 0.1) is 12.8 Å². The zero-order chi connectivity index (χ0) is 20.4. The van der Waals surface area contributed by atoms with Crippen molar-refractivity contribution >= 4 is 40.0 Å². The molecule has 1 aromatic rings. The highest BCUT2D eigenvalue weighted by molar-refractivity contribution is 14.0. The van der Waals surface area contributed by atoms with Gasteiger partial charge in [-0.05, 0) is 50.7 Å². The molecule has 9 heteroatoms. The molecule has 0 heterocycles. The number of guanidine groups is 1. The summed E-state index contributed by atoms with van der Waals surface area (Å²) in [6.07, 6.45) is 4.25. The first-order valence-electron chi connectivity index (χ1n) is 10.1. The van der Waals surface area contributed by atoms with Crippen molar-refractivity contribution in [2.75, 3.05) is 39.0 Å². The van der Waals surface area contributed by atoms with Gasteiger partial charge < -0.3 is 15.4 Å². The highest BCUT2D eigenvalue weighted by atomic mass is 127. The van der Waals surface area contributed by atoms with Gasteiger partial charge in [-0.1, -0.05) is 24.1 Å². The molecule has 0 radical (unpaired) electrons. The minimum atomic E-state index is -3.27. The van der Waals surface area contributed by atoms with E-state index >= 15 is 0 Å². The van der Waals surface area contributed by atoms with Gasteiger partial charge in [0, 0.05) is 19.6 Å².